The molecule has 0 aliphatic carbocycles. The summed E-state index contributed by atoms with van der Waals surface area (Å²) < 4.78 is 16.2. The van der Waals surface area contributed by atoms with Gasteiger partial charge < -0.3 is 14.2 Å². The van der Waals surface area contributed by atoms with Gasteiger partial charge in [-0.3, -0.25) is 0 Å². The van der Waals surface area contributed by atoms with Crippen LogP contribution in [0, 0.1) is 6.92 Å². The van der Waals surface area contributed by atoms with Gasteiger partial charge in [-0.2, -0.15) is 0 Å². The zero-order valence-corrected chi connectivity index (χ0v) is 8.94. The molecule has 1 heterocycles. The van der Waals surface area contributed by atoms with E-state index < -0.39 is 0 Å². The maximum Gasteiger partial charge on any atom is 0.161 e. The highest BCUT2D eigenvalue weighted by molar-refractivity contribution is 5.26. The Labute approximate surface area is 90.0 Å². The van der Waals surface area contributed by atoms with E-state index in [-0.39, 0.29) is 6.29 Å². The van der Waals surface area contributed by atoms with Crippen molar-refractivity contribution in [3.63, 3.8) is 0 Å². The Morgan fingerprint density at radius 1 is 1.20 bits per heavy atom. The third-order valence-corrected chi connectivity index (χ3v) is 2.33. The van der Waals surface area contributed by atoms with Crippen LogP contribution in [0.4, 0.5) is 0 Å². The molecule has 0 spiro atoms. The number of ether oxygens (including phenoxy) is 3. The van der Waals surface area contributed by atoms with Crippen molar-refractivity contribution in [2.24, 2.45) is 0 Å². The summed E-state index contributed by atoms with van der Waals surface area (Å²) >= 11 is 0. The molecule has 3 heteroatoms. The first-order valence-electron chi connectivity index (χ1n) is 5.27. The van der Waals surface area contributed by atoms with Crippen molar-refractivity contribution in [1.29, 1.82) is 0 Å². The van der Waals surface area contributed by atoms with Crippen LogP contribution in [0.25, 0.3) is 0 Å². The molecule has 0 atom stereocenters. The fourth-order valence-corrected chi connectivity index (χ4v) is 1.48. The molecule has 0 amide bonds. The van der Waals surface area contributed by atoms with Crippen LogP contribution in [0.15, 0.2) is 24.3 Å². The lowest BCUT2D eigenvalue weighted by molar-refractivity contribution is -0.0531. The van der Waals surface area contributed by atoms with Gasteiger partial charge in [0.15, 0.2) is 6.29 Å². The molecule has 0 unspecified atom stereocenters. The van der Waals surface area contributed by atoms with E-state index in [1.54, 1.807) is 0 Å². The second kappa shape index (κ2) is 5.14. The zero-order chi connectivity index (χ0) is 10.5. The predicted molar refractivity (Wildman–Crippen MR) is 57.0 cm³/mol. The van der Waals surface area contributed by atoms with E-state index in [4.69, 9.17) is 14.2 Å². The Kier molecular flexibility index (Phi) is 3.59. The van der Waals surface area contributed by atoms with E-state index in [2.05, 4.69) is 6.92 Å². The highest BCUT2D eigenvalue weighted by Gasteiger charge is 2.15. The average molecular weight is 208 g/mol. The van der Waals surface area contributed by atoms with Crippen LogP contribution in [0.2, 0.25) is 0 Å². The number of benzene rings is 1. The number of rotatable bonds is 4. The number of hydrogen-bond acceptors (Lipinski definition) is 3. The van der Waals surface area contributed by atoms with Crippen molar-refractivity contribution in [1.82, 2.24) is 0 Å². The van der Waals surface area contributed by atoms with Gasteiger partial charge in [-0.1, -0.05) is 17.7 Å². The SMILES string of the molecule is Cc1ccc(OCCC2OCCO2)cc1. The molecule has 2 rings (SSSR count). The van der Waals surface area contributed by atoms with E-state index in [1.165, 1.54) is 5.56 Å². The smallest absolute Gasteiger partial charge is 0.161 e. The standard InChI is InChI=1S/C12H16O3/c1-10-2-4-11(5-3-10)13-7-6-12-14-8-9-15-12/h2-5,12H,6-9H2,1H3. The van der Waals surface area contributed by atoms with Crippen molar-refractivity contribution in [3.8, 4) is 5.75 Å². The Balaban J connectivity index is 1.71. The van der Waals surface area contributed by atoms with Crippen LogP contribution >= 0.6 is 0 Å². The van der Waals surface area contributed by atoms with Crippen molar-refractivity contribution in [3.05, 3.63) is 29.8 Å². The summed E-state index contributed by atoms with van der Waals surface area (Å²) in [5, 5.41) is 0. The topological polar surface area (TPSA) is 27.7 Å². The summed E-state index contributed by atoms with van der Waals surface area (Å²) in [6.07, 6.45) is 0.712. The number of aryl methyl sites for hydroxylation is 1. The lowest BCUT2D eigenvalue weighted by Gasteiger charge is -2.10. The monoisotopic (exact) mass is 208 g/mol. The average Bonchev–Trinajstić information content (AvgIpc) is 2.74. The minimum atomic E-state index is -0.0737. The normalized spacial score (nSPS) is 16.9. The summed E-state index contributed by atoms with van der Waals surface area (Å²) in [5.41, 5.74) is 1.24. The molecule has 1 saturated heterocycles. The Morgan fingerprint density at radius 3 is 2.53 bits per heavy atom. The zero-order valence-electron chi connectivity index (χ0n) is 8.94. The van der Waals surface area contributed by atoms with Gasteiger partial charge in [-0.25, -0.2) is 0 Å². The van der Waals surface area contributed by atoms with E-state index >= 15 is 0 Å². The van der Waals surface area contributed by atoms with Crippen LogP contribution in [-0.2, 0) is 9.47 Å². The van der Waals surface area contributed by atoms with Crippen molar-refractivity contribution < 1.29 is 14.2 Å². The molecular weight excluding hydrogens is 192 g/mol. The fourth-order valence-electron chi connectivity index (χ4n) is 1.48. The third kappa shape index (κ3) is 3.22. The first kappa shape index (κ1) is 10.5. The van der Waals surface area contributed by atoms with Crippen LogP contribution in [0.3, 0.4) is 0 Å². The first-order valence-corrected chi connectivity index (χ1v) is 5.27. The fraction of sp³-hybridized carbons (Fsp3) is 0.500. The molecule has 0 saturated carbocycles. The van der Waals surface area contributed by atoms with E-state index in [9.17, 15) is 0 Å². The van der Waals surface area contributed by atoms with Crippen molar-refractivity contribution >= 4 is 0 Å². The van der Waals surface area contributed by atoms with Gasteiger partial charge in [0.2, 0.25) is 0 Å². The molecule has 82 valence electrons. The van der Waals surface area contributed by atoms with Gasteiger partial charge in [0, 0.05) is 6.42 Å². The Hall–Kier alpha value is -1.06. The van der Waals surface area contributed by atoms with Gasteiger partial charge >= 0.3 is 0 Å². The molecule has 0 bridgehead atoms. The van der Waals surface area contributed by atoms with Gasteiger partial charge in [0.1, 0.15) is 5.75 Å². The van der Waals surface area contributed by atoms with Gasteiger partial charge in [-0.15, -0.1) is 0 Å². The quantitative estimate of drug-likeness (QED) is 0.758. The number of hydrogen-bond donors (Lipinski definition) is 0. The van der Waals surface area contributed by atoms with Crippen molar-refractivity contribution in [2.45, 2.75) is 19.6 Å². The third-order valence-electron chi connectivity index (χ3n) is 2.33. The molecule has 15 heavy (non-hydrogen) atoms. The highest BCUT2D eigenvalue weighted by atomic mass is 16.7. The summed E-state index contributed by atoms with van der Waals surface area (Å²) in [7, 11) is 0. The maximum absolute atomic E-state index is 5.56. The molecule has 1 aromatic carbocycles. The predicted octanol–water partition coefficient (Wildman–Crippen LogP) is 2.14. The van der Waals surface area contributed by atoms with Crippen LogP contribution in [-0.4, -0.2) is 26.1 Å². The molecular formula is C12H16O3. The lowest BCUT2D eigenvalue weighted by Crippen LogP contribution is -2.12. The van der Waals surface area contributed by atoms with E-state index in [0.717, 1.165) is 12.2 Å². The summed E-state index contributed by atoms with van der Waals surface area (Å²) in [6.45, 7) is 4.10. The van der Waals surface area contributed by atoms with Crippen molar-refractivity contribution in [2.75, 3.05) is 19.8 Å². The Morgan fingerprint density at radius 2 is 1.87 bits per heavy atom. The molecule has 1 fully saturated rings. The van der Waals surface area contributed by atoms with Crippen LogP contribution in [0.1, 0.15) is 12.0 Å². The second-order valence-electron chi connectivity index (χ2n) is 3.62. The van der Waals surface area contributed by atoms with Gasteiger partial charge in [0.05, 0.1) is 19.8 Å². The van der Waals surface area contributed by atoms with Crippen LogP contribution in [0.5, 0.6) is 5.75 Å². The molecule has 0 N–H and O–H groups in total. The summed E-state index contributed by atoms with van der Waals surface area (Å²) in [6, 6.07) is 8.03. The first-order chi connectivity index (χ1) is 7.34. The van der Waals surface area contributed by atoms with E-state index in [1.807, 2.05) is 24.3 Å². The minimum absolute atomic E-state index is 0.0737. The molecule has 0 aromatic heterocycles. The largest absolute Gasteiger partial charge is 0.493 e. The molecule has 1 aliphatic rings. The second-order valence-corrected chi connectivity index (χ2v) is 3.62. The van der Waals surface area contributed by atoms with E-state index in [0.29, 0.717) is 19.8 Å². The van der Waals surface area contributed by atoms with Gasteiger partial charge in [-0.05, 0) is 19.1 Å². The summed E-state index contributed by atoms with van der Waals surface area (Å²) in [4.78, 5) is 0. The highest BCUT2D eigenvalue weighted by Crippen LogP contribution is 2.13. The molecule has 1 aromatic rings. The molecule has 0 radical (unpaired) electrons. The van der Waals surface area contributed by atoms with Gasteiger partial charge in [0.25, 0.3) is 0 Å². The molecule has 1 aliphatic heterocycles. The molecule has 3 nitrogen and oxygen atoms in total. The Bertz CT molecular complexity index is 288. The maximum atomic E-state index is 5.56. The summed E-state index contributed by atoms with van der Waals surface area (Å²) in [5.74, 6) is 0.901. The lowest BCUT2D eigenvalue weighted by atomic mass is 10.2. The van der Waals surface area contributed by atoms with Crippen LogP contribution < -0.4 is 4.74 Å². The minimum Gasteiger partial charge on any atom is -0.493 e.